The summed E-state index contributed by atoms with van der Waals surface area (Å²) in [5.74, 6) is -0.109. The van der Waals surface area contributed by atoms with Crippen LogP contribution in [0.1, 0.15) is 5.56 Å². The van der Waals surface area contributed by atoms with Gasteiger partial charge in [-0.05, 0) is 24.3 Å². The Morgan fingerprint density at radius 1 is 1.32 bits per heavy atom. The molecule has 0 fully saturated rings. The summed E-state index contributed by atoms with van der Waals surface area (Å²) in [6.45, 7) is 0. The van der Waals surface area contributed by atoms with Gasteiger partial charge in [-0.1, -0.05) is 23.7 Å². The van der Waals surface area contributed by atoms with E-state index in [4.69, 9.17) is 21.4 Å². The fourth-order valence-electron chi connectivity index (χ4n) is 1.45. The number of aromatic nitrogens is 1. The fourth-order valence-corrected chi connectivity index (χ4v) is 1.67. The molecule has 96 valence electrons. The molecular formula is C14H10ClNO3. The summed E-state index contributed by atoms with van der Waals surface area (Å²) in [6.07, 6.45) is 5.64. The number of carboxylic acid groups (broad SMARTS) is 1. The summed E-state index contributed by atoms with van der Waals surface area (Å²) in [5.41, 5.74) is 0.582. The predicted octanol–water partition coefficient (Wildman–Crippen LogP) is 3.63. The third-order valence-corrected chi connectivity index (χ3v) is 2.55. The zero-order chi connectivity index (χ0) is 13.7. The standard InChI is InChI=1S/C14H10ClNO3/c15-12-5-1-3-10(6-7-13(17)18)14(12)19-11-4-2-8-16-9-11/h1-9H,(H,17,18)/b7-6+. The molecule has 2 rings (SSSR count). The minimum Gasteiger partial charge on any atom is -0.478 e. The maximum Gasteiger partial charge on any atom is 0.328 e. The lowest BCUT2D eigenvalue weighted by Crippen LogP contribution is -1.91. The molecule has 0 unspecified atom stereocenters. The molecule has 4 nitrogen and oxygen atoms in total. The van der Waals surface area contributed by atoms with Gasteiger partial charge in [0.1, 0.15) is 5.75 Å². The number of aliphatic carboxylic acids is 1. The van der Waals surface area contributed by atoms with E-state index in [0.717, 1.165) is 6.08 Å². The van der Waals surface area contributed by atoms with Crippen molar-refractivity contribution in [2.24, 2.45) is 0 Å². The van der Waals surface area contributed by atoms with Crippen LogP contribution in [0.15, 0.2) is 48.8 Å². The van der Waals surface area contributed by atoms with E-state index >= 15 is 0 Å². The number of carboxylic acids is 1. The molecule has 1 N–H and O–H groups in total. The van der Waals surface area contributed by atoms with E-state index in [2.05, 4.69) is 4.98 Å². The number of para-hydroxylation sites is 1. The molecule has 0 amide bonds. The van der Waals surface area contributed by atoms with E-state index in [1.165, 1.54) is 6.08 Å². The number of carbonyl (C=O) groups is 1. The second-order valence-electron chi connectivity index (χ2n) is 3.62. The van der Waals surface area contributed by atoms with Gasteiger partial charge in [0.25, 0.3) is 0 Å². The Kier molecular flexibility index (Phi) is 4.15. The highest BCUT2D eigenvalue weighted by molar-refractivity contribution is 6.32. The van der Waals surface area contributed by atoms with Gasteiger partial charge >= 0.3 is 5.97 Å². The minimum absolute atomic E-state index is 0.398. The molecule has 0 atom stereocenters. The zero-order valence-corrected chi connectivity index (χ0v) is 10.5. The quantitative estimate of drug-likeness (QED) is 0.866. The van der Waals surface area contributed by atoms with Crippen LogP contribution in [-0.2, 0) is 4.79 Å². The summed E-state index contributed by atoms with van der Waals surface area (Å²) in [5, 5.41) is 9.05. The molecule has 19 heavy (non-hydrogen) atoms. The Labute approximate surface area is 114 Å². The average molecular weight is 276 g/mol. The molecule has 0 saturated heterocycles. The Balaban J connectivity index is 2.35. The molecular weight excluding hydrogens is 266 g/mol. The lowest BCUT2D eigenvalue weighted by Gasteiger charge is -2.10. The second kappa shape index (κ2) is 6.02. The Morgan fingerprint density at radius 3 is 2.84 bits per heavy atom. The largest absolute Gasteiger partial charge is 0.478 e. The third kappa shape index (κ3) is 3.56. The molecule has 1 heterocycles. The van der Waals surface area contributed by atoms with Crippen molar-refractivity contribution >= 4 is 23.6 Å². The van der Waals surface area contributed by atoms with Crippen LogP contribution in [-0.4, -0.2) is 16.1 Å². The summed E-state index contributed by atoms with van der Waals surface area (Å²) in [6, 6.07) is 8.59. The first kappa shape index (κ1) is 13.1. The van der Waals surface area contributed by atoms with Crippen molar-refractivity contribution in [1.82, 2.24) is 4.98 Å². The van der Waals surface area contributed by atoms with Crippen molar-refractivity contribution in [3.63, 3.8) is 0 Å². The zero-order valence-electron chi connectivity index (χ0n) is 9.79. The van der Waals surface area contributed by atoms with Crippen molar-refractivity contribution in [3.8, 4) is 11.5 Å². The van der Waals surface area contributed by atoms with Crippen LogP contribution in [0, 0.1) is 0 Å². The minimum atomic E-state index is -1.03. The normalized spacial score (nSPS) is 10.6. The molecule has 1 aromatic carbocycles. The van der Waals surface area contributed by atoms with Gasteiger partial charge in [0.2, 0.25) is 0 Å². The summed E-state index contributed by atoms with van der Waals surface area (Å²) < 4.78 is 5.63. The van der Waals surface area contributed by atoms with E-state index in [0.29, 0.717) is 22.1 Å². The number of pyridine rings is 1. The van der Waals surface area contributed by atoms with Crippen molar-refractivity contribution in [2.75, 3.05) is 0 Å². The van der Waals surface area contributed by atoms with E-state index < -0.39 is 5.97 Å². The Hall–Kier alpha value is -2.33. The van der Waals surface area contributed by atoms with Crippen molar-refractivity contribution < 1.29 is 14.6 Å². The van der Waals surface area contributed by atoms with Gasteiger partial charge in [0, 0.05) is 17.8 Å². The lowest BCUT2D eigenvalue weighted by atomic mass is 10.2. The monoisotopic (exact) mass is 275 g/mol. The van der Waals surface area contributed by atoms with Crippen molar-refractivity contribution in [1.29, 1.82) is 0 Å². The second-order valence-corrected chi connectivity index (χ2v) is 4.03. The number of nitrogens with zero attached hydrogens (tertiary/aromatic N) is 1. The van der Waals surface area contributed by atoms with Gasteiger partial charge in [-0.15, -0.1) is 0 Å². The van der Waals surface area contributed by atoms with Gasteiger partial charge < -0.3 is 9.84 Å². The number of ether oxygens (including phenoxy) is 1. The number of hydrogen-bond acceptors (Lipinski definition) is 3. The van der Waals surface area contributed by atoms with Gasteiger partial charge in [0.15, 0.2) is 5.75 Å². The summed E-state index contributed by atoms with van der Waals surface area (Å²) in [4.78, 5) is 14.5. The maximum absolute atomic E-state index is 10.6. The van der Waals surface area contributed by atoms with Crippen LogP contribution in [0.4, 0.5) is 0 Å². The first-order chi connectivity index (χ1) is 9.16. The van der Waals surface area contributed by atoms with Crippen LogP contribution in [0.5, 0.6) is 11.5 Å². The molecule has 0 bridgehead atoms. The van der Waals surface area contributed by atoms with Crippen molar-refractivity contribution in [2.45, 2.75) is 0 Å². The molecule has 0 radical (unpaired) electrons. The average Bonchev–Trinajstić information content (AvgIpc) is 2.40. The highest BCUT2D eigenvalue weighted by atomic mass is 35.5. The number of halogens is 1. The predicted molar refractivity (Wildman–Crippen MR) is 72.4 cm³/mol. The van der Waals surface area contributed by atoms with E-state index in [9.17, 15) is 4.79 Å². The number of hydrogen-bond donors (Lipinski definition) is 1. The molecule has 0 spiro atoms. The van der Waals surface area contributed by atoms with Gasteiger partial charge in [-0.25, -0.2) is 4.79 Å². The lowest BCUT2D eigenvalue weighted by molar-refractivity contribution is -0.131. The fraction of sp³-hybridized carbons (Fsp3) is 0. The van der Waals surface area contributed by atoms with E-state index in [-0.39, 0.29) is 0 Å². The van der Waals surface area contributed by atoms with Gasteiger partial charge in [-0.2, -0.15) is 0 Å². The topological polar surface area (TPSA) is 59.4 Å². The number of benzene rings is 1. The smallest absolute Gasteiger partial charge is 0.328 e. The summed E-state index contributed by atoms with van der Waals surface area (Å²) >= 11 is 6.07. The van der Waals surface area contributed by atoms with Crippen LogP contribution in [0.3, 0.4) is 0 Å². The molecule has 1 aromatic heterocycles. The highest BCUT2D eigenvalue weighted by Crippen LogP contribution is 2.33. The SMILES string of the molecule is O=C(O)/C=C/c1cccc(Cl)c1Oc1cccnc1. The van der Waals surface area contributed by atoms with Crippen LogP contribution in [0.2, 0.25) is 5.02 Å². The Morgan fingerprint density at radius 2 is 2.16 bits per heavy atom. The Bertz CT molecular complexity index is 611. The molecule has 0 aliphatic carbocycles. The van der Waals surface area contributed by atoms with Crippen LogP contribution in [0.25, 0.3) is 6.08 Å². The number of rotatable bonds is 4. The first-order valence-corrected chi connectivity index (χ1v) is 5.82. The molecule has 0 saturated carbocycles. The molecule has 5 heteroatoms. The van der Waals surface area contributed by atoms with Gasteiger partial charge in [0.05, 0.1) is 11.2 Å². The molecule has 2 aromatic rings. The van der Waals surface area contributed by atoms with Crippen LogP contribution >= 0.6 is 11.6 Å². The first-order valence-electron chi connectivity index (χ1n) is 5.44. The van der Waals surface area contributed by atoms with Crippen LogP contribution < -0.4 is 4.74 Å². The van der Waals surface area contributed by atoms with Gasteiger partial charge in [-0.3, -0.25) is 4.98 Å². The van der Waals surface area contributed by atoms with Crippen molar-refractivity contribution in [3.05, 3.63) is 59.4 Å². The maximum atomic E-state index is 10.6. The third-order valence-electron chi connectivity index (χ3n) is 2.26. The van der Waals surface area contributed by atoms with E-state index in [1.54, 1.807) is 42.7 Å². The van der Waals surface area contributed by atoms with E-state index in [1.807, 2.05) is 0 Å². The molecule has 0 aliphatic rings. The summed E-state index contributed by atoms with van der Waals surface area (Å²) in [7, 11) is 0. The highest BCUT2D eigenvalue weighted by Gasteiger charge is 2.08. The molecule has 0 aliphatic heterocycles.